The Morgan fingerprint density at radius 1 is 1.02 bits per heavy atom. The lowest BCUT2D eigenvalue weighted by Gasteiger charge is -2.23. The van der Waals surface area contributed by atoms with E-state index < -0.39 is 30.0 Å². The standard InChI is InChI=1S/C29H35N7O5/c30-22(14-21-16-31-17-33-21)27(38)34-20-10-8-19(9-11-20)24(36-28(39)23-7-4-12-32-23)15-26(37)35-25(29(40)41)13-18-5-2-1-3-6-18/h1-3,5-6,8-11,16-17,22-25,32H,4,7,12-15,30H2,(H,31,33)(H,34,38)(H,35,37)(H,36,39)(H,40,41)/t22-,23-,24?,25-/m0/s1. The van der Waals surface area contributed by atoms with Crippen LogP contribution >= 0.6 is 0 Å². The van der Waals surface area contributed by atoms with Crippen LogP contribution in [0, 0.1) is 0 Å². The number of hydrogen-bond acceptors (Lipinski definition) is 7. The van der Waals surface area contributed by atoms with Crippen molar-refractivity contribution in [3.05, 3.63) is 83.9 Å². The summed E-state index contributed by atoms with van der Waals surface area (Å²) in [5.41, 5.74) is 8.66. The highest BCUT2D eigenvalue weighted by Gasteiger charge is 2.28. The first kappa shape index (κ1) is 29.4. The molecule has 2 heterocycles. The summed E-state index contributed by atoms with van der Waals surface area (Å²) in [4.78, 5) is 57.2. The van der Waals surface area contributed by atoms with Crippen LogP contribution in [0.1, 0.15) is 42.1 Å². The van der Waals surface area contributed by atoms with E-state index >= 15 is 0 Å². The van der Waals surface area contributed by atoms with Gasteiger partial charge in [0.2, 0.25) is 17.7 Å². The van der Waals surface area contributed by atoms with Crippen molar-refractivity contribution in [1.82, 2.24) is 25.9 Å². The van der Waals surface area contributed by atoms with E-state index in [4.69, 9.17) is 5.73 Å². The van der Waals surface area contributed by atoms with Gasteiger partial charge >= 0.3 is 5.97 Å². The van der Waals surface area contributed by atoms with Crippen LogP contribution in [0.25, 0.3) is 0 Å². The smallest absolute Gasteiger partial charge is 0.326 e. The van der Waals surface area contributed by atoms with Crippen LogP contribution in [0.4, 0.5) is 5.69 Å². The first-order valence-corrected chi connectivity index (χ1v) is 13.5. The summed E-state index contributed by atoms with van der Waals surface area (Å²) in [6, 6.07) is 12.8. The lowest BCUT2D eigenvalue weighted by Crippen LogP contribution is -2.46. The molecule has 0 radical (unpaired) electrons. The molecule has 12 nitrogen and oxygen atoms in total. The Balaban J connectivity index is 1.42. The maximum absolute atomic E-state index is 13.0. The summed E-state index contributed by atoms with van der Waals surface area (Å²) in [5.74, 6) is -2.27. The molecule has 0 spiro atoms. The number of aromatic amines is 1. The summed E-state index contributed by atoms with van der Waals surface area (Å²) in [5, 5.41) is 21.1. The molecule has 8 N–H and O–H groups in total. The summed E-state index contributed by atoms with van der Waals surface area (Å²) >= 11 is 0. The Morgan fingerprint density at radius 3 is 2.41 bits per heavy atom. The first-order chi connectivity index (χ1) is 19.8. The number of aromatic nitrogens is 2. The van der Waals surface area contributed by atoms with E-state index in [-0.39, 0.29) is 30.7 Å². The Kier molecular flexibility index (Phi) is 10.2. The normalized spacial score (nSPS) is 16.8. The molecule has 4 rings (SSSR count). The van der Waals surface area contributed by atoms with Crippen LogP contribution in [-0.2, 0) is 32.0 Å². The number of amides is 3. The predicted octanol–water partition coefficient (Wildman–Crippen LogP) is 1.03. The average Bonchev–Trinajstić information content (AvgIpc) is 3.68. The van der Waals surface area contributed by atoms with Gasteiger partial charge in [0.05, 0.1) is 30.9 Å². The van der Waals surface area contributed by atoms with Crippen molar-refractivity contribution >= 4 is 29.4 Å². The molecule has 1 fully saturated rings. The van der Waals surface area contributed by atoms with Gasteiger partial charge in [-0.25, -0.2) is 9.78 Å². The number of nitrogens with one attached hydrogen (secondary N) is 5. The van der Waals surface area contributed by atoms with E-state index in [0.29, 0.717) is 24.1 Å². The molecule has 0 aliphatic carbocycles. The van der Waals surface area contributed by atoms with Gasteiger partial charge in [0, 0.05) is 30.4 Å². The van der Waals surface area contributed by atoms with Crippen molar-refractivity contribution in [3.8, 4) is 0 Å². The molecule has 1 aliphatic rings. The predicted molar refractivity (Wildman–Crippen MR) is 152 cm³/mol. The highest BCUT2D eigenvalue weighted by molar-refractivity contribution is 5.94. The number of carbonyl (C=O) groups is 4. The summed E-state index contributed by atoms with van der Waals surface area (Å²) in [6.07, 6.45) is 4.94. The topological polar surface area (TPSA) is 191 Å². The highest BCUT2D eigenvalue weighted by atomic mass is 16.4. The van der Waals surface area contributed by atoms with Crippen LogP contribution in [0.5, 0.6) is 0 Å². The molecule has 216 valence electrons. The lowest BCUT2D eigenvalue weighted by molar-refractivity contribution is -0.142. The Labute approximate surface area is 237 Å². The minimum atomic E-state index is -1.15. The molecule has 12 heteroatoms. The number of carboxylic acids is 1. The molecule has 4 atom stereocenters. The summed E-state index contributed by atoms with van der Waals surface area (Å²) in [7, 11) is 0. The Bertz CT molecular complexity index is 1310. The number of rotatable bonds is 13. The monoisotopic (exact) mass is 561 g/mol. The quantitative estimate of drug-likeness (QED) is 0.161. The second-order valence-electron chi connectivity index (χ2n) is 10.1. The van der Waals surface area contributed by atoms with Gasteiger partial charge in [-0.2, -0.15) is 0 Å². The minimum absolute atomic E-state index is 0.127. The van der Waals surface area contributed by atoms with E-state index in [1.165, 1.54) is 6.33 Å². The zero-order chi connectivity index (χ0) is 29.2. The molecule has 1 saturated heterocycles. The zero-order valence-corrected chi connectivity index (χ0v) is 22.5. The number of aliphatic carboxylic acids is 1. The second kappa shape index (κ2) is 14.2. The zero-order valence-electron chi connectivity index (χ0n) is 22.5. The van der Waals surface area contributed by atoms with Crippen LogP contribution in [0.3, 0.4) is 0 Å². The highest BCUT2D eigenvalue weighted by Crippen LogP contribution is 2.21. The van der Waals surface area contributed by atoms with Crippen LogP contribution in [-0.4, -0.2) is 63.4 Å². The lowest BCUT2D eigenvalue weighted by atomic mass is 10.0. The molecule has 1 unspecified atom stereocenters. The second-order valence-corrected chi connectivity index (χ2v) is 10.1. The number of benzene rings is 2. The number of imidazole rings is 1. The van der Waals surface area contributed by atoms with Crippen LogP contribution < -0.4 is 27.0 Å². The molecule has 2 aromatic carbocycles. The van der Waals surface area contributed by atoms with Gasteiger partial charge in [-0.1, -0.05) is 42.5 Å². The first-order valence-electron chi connectivity index (χ1n) is 13.5. The van der Waals surface area contributed by atoms with Crippen LogP contribution in [0.15, 0.2) is 67.1 Å². The minimum Gasteiger partial charge on any atom is -0.480 e. The molecule has 3 amide bonds. The molecule has 1 aliphatic heterocycles. The van der Waals surface area contributed by atoms with Crippen molar-refractivity contribution in [2.24, 2.45) is 5.73 Å². The number of nitrogens with zero attached hydrogens (tertiary/aromatic N) is 1. The number of anilines is 1. The third-order valence-corrected chi connectivity index (χ3v) is 6.91. The number of nitrogens with two attached hydrogens (primary N) is 1. The number of carbonyl (C=O) groups excluding carboxylic acids is 3. The van der Waals surface area contributed by atoms with E-state index in [0.717, 1.165) is 24.2 Å². The molecule has 0 saturated carbocycles. The fraction of sp³-hybridized carbons (Fsp3) is 0.345. The van der Waals surface area contributed by atoms with Gasteiger partial charge in [-0.05, 0) is 42.6 Å². The third kappa shape index (κ3) is 8.72. The van der Waals surface area contributed by atoms with Gasteiger partial charge < -0.3 is 37.1 Å². The number of H-pyrrole nitrogens is 1. The maximum Gasteiger partial charge on any atom is 0.326 e. The van der Waals surface area contributed by atoms with Gasteiger partial charge in [0.1, 0.15) is 6.04 Å². The van der Waals surface area contributed by atoms with E-state index in [1.54, 1.807) is 54.7 Å². The Morgan fingerprint density at radius 2 is 1.78 bits per heavy atom. The van der Waals surface area contributed by atoms with Gasteiger partial charge in [0.15, 0.2) is 0 Å². The molecule has 41 heavy (non-hydrogen) atoms. The van der Waals surface area contributed by atoms with Crippen molar-refractivity contribution < 1.29 is 24.3 Å². The van der Waals surface area contributed by atoms with Gasteiger partial charge in [-0.3, -0.25) is 14.4 Å². The van der Waals surface area contributed by atoms with E-state index in [2.05, 4.69) is 31.2 Å². The fourth-order valence-corrected chi connectivity index (χ4v) is 4.68. The fourth-order valence-electron chi connectivity index (χ4n) is 4.68. The van der Waals surface area contributed by atoms with Gasteiger partial charge in [-0.15, -0.1) is 0 Å². The third-order valence-electron chi connectivity index (χ3n) is 6.91. The van der Waals surface area contributed by atoms with Crippen molar-refractivity contribution in [2.45, 2.75) is 56.3 Å². The SMILES string of the molecule is N[C@@H](Cc1cnc[nH]1)C(=O)Nc1ccc(C(CC(=O)N[C@@H](Cc2ccccc2)C(=O)O)NC(=O)[C@@H]2CCCN2)cc1. The van der Waals surface area contributed by atoms with E-state index in [9.17, 15) is 24.3 Å². The Hall–Kier alpha value is -4.55. The number of carboxylic acid groups (broad SMARTS) is 1. The summed E-state index contributed by atoms with van der Waals surface area (Å²) in [6.45, 7) is 0.736. The summed E-state index contributed by atoms with van der Waals surface area (Å²) < 4.78 is 0. The maximum atomic E-state index is 13.0. The molecule has 0 bridgehead atoms. The molecule has 1 aromatic heterocycles. The van der Waals surface area contributed by atoms with Crippen LogP contribution in [0.2, 0.25) is 0 Å². The van der Waals surface area contributed by atoms with Crippen molar-refractivity contribution in [1.29, 1.82) is 0 Å². The largest absolute Gasteiger partial charge is 0.480 e. The molecule has 3 aromatic rings. The van der Waals surface area contributed by atoms with Crippen molar-refractivity contribution in [3.63, 3.8) is 0 Å². The van der Waals surface area contributed by atoms with Crippen molar-refractivity contribution in [2.75, 3.05) is 11.9 Å². The van der Waals surface area contributed by atoms with E-state index in [1.807, 2.05) is 6.07 Å². The van der Waals surface area contributed by atoms with Gasteiger partial charge in [0.25, 0.3) is 0 Å². The number of hydrogen-bond donors (Lipinski definition) is 7. The average molecular weight is 562 g/mol. The molecular weight excluding hydrogens is 526 g/mol. The molecular formula is C29H35N7O5.